The first-order valence-electron chi connectivity index (χ1n) is 7.04. The predicted octanol–water partition coefficient (Wildman–Crippen LogP) is 0.758. The van der Waals surface area contributed by atoms with Crippen molar-refractivity contribution in [1.82, 2.24) is 15.5 Å². The third kappa shape index (κ3) is 4.49. The third-order valence-corrected chi connectivity index (χ3v) is 3.50. The number of carbonyl (C=O) groups is 2. The van der Waals surface area contributed by atoms with Crippen LogP contribution in [-0.4, -0.2) is 48.8 Å². The van der Waals surface area contributed by atoms with Crippen molar-refractivity contribution < 1.29 is 18.4 Å². The van der Waals surface area contributed by atoms with E-state index >= 15 is 0 Å². The van der Waals surface area contributed by atoms with Crippen molar-refractivity contribution in [3.05, 3.63) is 35.9 Å². The molecule has 0 radical (unpaired) electrons. The fourth-order valence-electron chi connectivity index (χ4n) is 2.30. The number of halogens is 2. The van der Waals surface area contributed by atoms with E-state index in [0.29, 0.717) is 6.54 Å². The van der Waals surface area contributed by atoms with E-state index in [-0.39, 0.29) is 12.5 Å². The standard InChI is InChI=1S/C15H19F2N3O2/c1-20(14(22)12-7-15(16,17)10-19-12)9-13(21)18-8-11-5-3-2-4-6-11/h2-6,12,19H,7-10H2,1H3,(H,18,21). The number of amides is 2. The van der Waals surface area contributed by atoms with Crippen LogP contribution in [0.3, 0.4) is 0 Å². The number of nitrogens with one attached hydrogen (secondary N) is 2. The number of carbonyl (C=O) groups excluding carboxylic acids is 2. The minimum Gasteiger partial charge on any atom is -0.350 e. The van der Waals surface area contributed by atoms with Crippen molar-refractivity contribution in [3.8, 4) is 0 Å². The molecule has 7 heteroatoms. The van der Waals surface area contributed by atoms with E-state index in [4.69, 9.17) is 0 Å². The summed E-state index contributed by atoms with van der Waals surface area (Å²) in [5.41, 5.74) is 0.946. The maximum absolute atomic E-state index is 13.1. The van der Waals surface area contributed by atoms with Gasteiger partial charge in [-0.2, -0.15) is 0 Å². The summed E-state index contributed by atoms with van der Waals surface area (Å²) in [6, 6.07) is 8.43. The molecule has 22 heavy (non-hydrogen) atoms. The van der Waals surface area contributed by atoms with Crippen molar-refractivity contribution in [1.29, 1.82) is 0 Å². The van der Waals surface area contributed by atoms with Crippen molar-refractivity contribution in [3.63, 3.8) is 0 Å². The Hall–Kier alpha value is -2.02. The highest BCUT2D eigenvalue weighted by atomic mass is 19.3. The Morgan fingerprint density at radius 3 is 2.64 bits per heavy atom. The Balaban J connectivity index is 1.77. The minimum atomic E-state index is -2.86. The third-order valence-electron chi connectivity index (χ3n) is 3.50. The molecule has 1 aromatic rings. The molecule has 2 N–H and O–H groups in total. The molecule has 1 aromatic carbocycles. The van der Waals surface area contributed by atoms with E-state index in [9.17, 15) is 18.4 Å². The summed E-state index contributed by atoms with van der Waals surface area (Å²) in [5.74, 6) is -3.69. The van der Waals surface area contributed by atoms with Gasteiger partial charge in [-0.15, -0.1) is 0 Å². The highest BCUT2D eigenvalue weighted by Gasteiger charge is 2.43. The van der Waals surface area contributed by atoms with Gasteiger partial charge in [-0.1, -0.05) is 30.3 Å². The number of nitrogens with zero attached hydrogens (tertiary/aromatic N) is 1. The zero-order chi connectivity index (χ0) is 16.2. The smallest absolute Gasteiger partial charge is 0.262 e. The monoisotopic (exact) mass is 311 g/mol. The highest BCUT2D eigenvalue weighted by Crippen LogP contribution is 2.25. The van der Waals surface area contributed by atoms with Gasteiger partial charge in [0.25, 0.3) is 5.92 Å². The number of hydrogen-bond donors (Lipinski definition) is 2. The van der Waals surface area contributed by atoms with Crippen LogP contribution >= 0.6 is 0 Å². The summed E-state index contributed by atoms with van der Waals surface area (Å²) in [6.45, 7) is -0.297. The van der Waals surface area contributed by atoms with Gasteiger partial charge in [0.1, 0.15) is 0 Å². The summed E-state index contributed by atoms with van der Waals surface area (Å²) in [6.07, 6.45) is -0.526. The number of benzene rings is 1. The molecule has 1 aliphatic heterocycles. The number of likely N-dealkylation sites (N-methyl/N-ethyl adjacent to an activating group) is 1. The highest BCUT2D eigenvalue weighted by molar-refractivity contribution is 5.87. The summed E-state index contributed by atoms with van der Waals surface area (Å²) in [7, 11) is 1.43. The second-order valence-electron chi connectivity index (χ2n) is 5.45. The van der Waals surface area contributed by atoms with Crippen LogP contribution in [-0.2, 0) is 16.1 Å². The van der Waals surface area contributed by atoms with E-state index in [0.717, 1.165) is 5.56 Å². The normalized spacial score (nSPS) is 19.7. The van der Waals surface area contributed by atoms with Gasteiger partial charge >= 0.3 is 0 Å². The zero-order valence-corrected chi connectivity index (χ0v) is 12.3. The lowest BCUT2D eigenvalue weighted by atomic mass is 10.1. The largest absolute Gasteiger partial charge is 0.350 e. The quantitative estimate of drug-likeness (QED) is 0.844. The Morgan fingerprint density at radius 1 is 1.36 bits per heavy atom. The first kappa shape index (κ1) is 16.4. The lowest BCUT2D eigenvalue weighted by Gasteiger charge is -2.20. The molecule has 1 saturated heterocycles. The van der Waals surface area contributed by atoms with Crippen molar-refractivity contribution in [2.45, 2.75) is 24.9 Å². The average Bonchev–Trinajstić information content (AvgIpc) is 2.85. The van der Waals surface area contributed by atoms with E-state index in [2.05, 4.69) is 10.6 Å². The van der Waals surface area contributed by atoms with Gasteiger partial charge in [-0.05, 0) is 5.56 Å². The molecule has 1 atom stereocenters. The van der Waals surface area contributed by atoms with E-state index < -0.39 is 30.8 Å². The van der Waals surface area contributed by atoms with Gasteiger partial charge in [0, 0.05) is 20.0 Å². The average molecular weight is 311 g/mol. The molecule has 0 saturated carbocycles. The van der Waals surface area contributed by atoms with Gasteiger partial charge in [-0.25, -0.2) is 8.78 Å². The second-order valence-corrected chi connectivity index (χ2v) is 5.45. The fourth-order valence-corrected chi connectivity index (χ4v) is 2.30. The van der Waals surface area contributed by atoms with Gasteiger partial charge in [0.2, 0.25) is 11.8 Å². The topological polar surface area (TPSA) is 61.4 Å². The number of rotatable bonds is 5. The molecule has 0 aromatic heterocycles. The summed E-state index contributed by atoms with van der Waals surface area (Å²) < 4.78 is 26.2. The van der Waals surface area contributed by atoms with Crippen molar-refractivity contribution >= 4 is 11.8 Å². The molecule has 1 aliphatic rings. The van der Waals surface area contributed by atoms with Crippen LogP contribution in [0.5, 0.6) is 0 Å². The minimum absolute atomic E-state index is 0.157. The Labute approximate surface area is 127 Å². The van der Waals surface area contributed by atoms with E-state index in [1.165, 1.54) is 11.9 Å². The number of alkyl halides is 2. The predicted molar refractivity (Wildman–Crippen MR) is 77.3 cm³/mol. The number of hydrogen-bond acceptors (Lipinski definition) is 3. The maximum Gasteiger partial charge on any atom is 0.262 e. The molecular weight excluding hydrogens is 292 g/mol. The lowest BCUT2D eigenvalue weighted by Crippen LogP contribution is -2.45. The Kier molecular flexibility index (Phi) is 5.07. The van der Waals surface area contributed by atoms with Crippen LogP contribution in [0.25, 0.3) is 0 Å². The summed E-state index contributed by atoms with van der Waals surface area (Å²) in [5, 5.41) is 5.18. The molecule has 2 rings (SSSR count). The van der Waals surface area contributed by atoms with Crippen LogP contribution in [0.1, 0.15) is 12.0 Å². The van der Waals surface area contributed by atoms with Crippen molar-refractivity contribution in [2.75, 3.05) is 20.1 Å². The molecule has 0 spiro atoms. The van der Waals surface area contributed by atoms with Gasteiger partial charge in [-0.3, -0.25) is 14.9 Å². The van der Waals surface area contributed by atoms with Crippen LogP contribution in [0, 0.1) is 0 Å². The van der Waals surface area contributed by atoms with Gasteiger partial charge < -0.3 is 10.2 Å². The van der Waals surface area contributed by atoms with Crippen LogP contribution in [0.2, 0.25) is 0 Å². The maximum atomic E-state index is 13.1. The molecule has 5 nitrogen and oxygen atoms in total. The molecule has 0 bridgehead atoms. The SMILES string of the molecule is CN(CC(=O)NCc1ccccc1)C(=O)C1CC(F)(F)CN1. The Bertz CT molecular complexity index is 537. The van der Waals surface area contributed by atoms with E-state index in [1.54, 1.807) is 0 Å². The summed E-state index contributed by atoms with van der Waals surface area (Å²) >= 11 is 0. The molecular formula is C15H19F2N3O2. The van der Waals surface area contributed by atoms with Crippen LogP contribution in [0.15, 0.2) is 30.3 Å². The second kappa shape index (κ2) is 6.83. The molecule has 1 fully saturated rings. The first-order valence-corrected chi connectivity index (χ1v) is 7.04. The molecule has 1 unspecified atom stereocenters. The van der Waals surface area contributed by atoms with Crippen LogP contribution in [0.4, 0.5) is 8.78 Å². The molecule has 0 aliphatic carbocycles. The van der Waals surface area contributed by atoms with E-state index in [1.807, 2.05) is 30.3 Å². The lowest BCUT2D eigenvalue weighted by molar-refractivity contribution is -0.136. The first-order chi connectivity index (χ1) is 10.4. The van der Waals surface area contributed by atoms with Crippen molar-refractivity contribution in [2.24, 2.45) is 0 Å². The van der Waals surface area contributed by atoms with Gasteiger partial charge in [0.15, 0.2) is 0 Å². The van der Waals surface area contributed by atoms with Gasteiger partial charge in [0.05, 0.1) is 19.1 Å². The zero-order valence-electron chi connectivity index (χ0n) is 12.3. The summed E-state index contributed by atoms with van der Waals surface area (Å²) in [4.78, 5) is 25.0. The molecule has 2 amide bonds. The fraction of sp³-hybridized carbons (Fsp3) is 0.467. The molecule has 120 valence electrons. The molecule has 1 heterocycles. The van der Waals surface area contributed by atoms with Crippen LogP contribution < -0.4 is 10.6 Å². The Morgan fingerprint density at radius 2 is 2.05 bits per heavy atom.